The van der Waals surface area contributed by atoms with Gasteiger partial charge in [0.2, 0.25) is 0 Å². The zero-order chi connectivity index (χ0) is 25.5. The number of aryl methyl sites for hydroxylation is 4. The lowest BCUT2D eigenvalue weighted by atomic mass is 9.97. The molecule has 0 spiro atoms. The predicted octanol–water partition coefficient (Wildman–Crippen LogP) is 7.89. The third-order valence-corrected chi connectivity index (χ3v) is 6.04. The molecule has 0 atom stereocenters. The summed E-state index contributed by atoms with van der Waals surface area (Å²) in [5.74, 6) is 0.798. The van der Waals surface area contributed by atoms with E-state index in [1.54, 1.807) is 12.1 Å². The van der Waals surface area contributed by atoms with Gasteiger partial charge in [-0.25, -0.2) is 4.39 Å². The molecule has 36 heavy (non-hydrogen) atoms. The van der Waals surface area contributed by atoms with Crippen molar-refractivity contribution in [1.82, 2.24) is 0 Å². The quantitative estimate of drug-likeness (QED) is 0.208. The van der Waals surface area contributed by atoms with E-state index in [-0.39, 0.29) is 11.6 Å². The van der Waals surface area contributed by atoms with Gasteiger partial charge < -0.3 is 9.47 Å². The Bertz CT molecular complexity index is 1280. The van der Waals surface area contributed by atoms with E-state index in [1.807, 2.05) is 49.4 Å². The van der Waals surface area contributed by atoms with Crippen LogP contribution in [0, 0.1) is 5.82 Å². The molecule has 0 aliphatic carbocycles. The van der Waals surface area contributed by atoms with Crippen molar-refractivity contribution in [2.45, 2.75) is 38.8 Å². The van der Waals surface area contributed by atoms with Crippen molar-refractivity contribution in [3.05, 3.63) is 107 Å². The van der Waals surface area contributed by atoms with Gasteiger partial charge in [-0.3, -0.25) is 0 Å². The van der Waals surface area contributed by atoms with Crippen LogP contribution in [0.2, 0.25) is 0 Å². The topological polar surface area (TPSA) is 18.5 Å². The van der Waals surface area contributed by atoms with E-state index < -0.39 is 12.8 Å². The summed E-state index contributed by atoms with van der Waals surface area (Å²) in [4.78, 5) is 0. The van der Waals surface area contributed by atoms with Crippen molar-refractivity contribution in [3.8, 4) is 11.5 Å². The highest BCUT2D eigenvalue weighted by Crippen LogP contribution is 2.25. The van der Waals surface area contributed by atoms with Gasteiger partial charge in [-0.2, -0.15) is 13.2 Å². The van der Waals surface area contributed by atoms with Crippen LogP contribution < -0.4 is 9.47 Å². The summed E-state index contributed by atoms with van der Waals surface area (Å²) in [5.41, 5.74) is 3.89. The Balaban J connectivity index is 1.36. The Morgan fingerprint density at radius 1 is 0.639 bits per heavy atom. The van der Waals surface area contributed by atoms with Crippen LogP contribution in [0.25, 0.3) is 10.8 Å². The summed E-state index contributed by atoms with van der Waals surface area (Å²) >= 11 is 0. The number of alkyl halides is 3. The molecule has 4 aromatic carbocycles. The highest BCUT2D eigenvalue weighted by atomic mass is 19.4. The zero-order valence-corrected chi connectivity index (χ0v) is 20.1. The Hall–Kier alpha value is -3.54. The Labute approximate surface area is 208 Å². The Morgan fingerprint density at radius 2 is 1.19 bits per heavy atom. The van der Waals surface area contributed by atoms with Gasteiger partial charge in [-0.05, 0) is 84.5 Å². The van der Waals surface area contributed by atoms with Crippen LogP contribution in [0.3, 0.4) is 0 Å². The number of halogens is 4. The Kier molecular flexibility index (Phi) is 8.14. The maximum absolute atomic E-state index is 15.2. The second kappa shape index (κ2) is 11.5. The number of hydrogen-bond acceptors (Lipinski definition) is 2. The van der Waals surface area contributed by atoms with Crippen molar-refractivity contribution >= 4 is 10.8 Å². The van der Waals surface area contributed by atoms with Crippen molar-refractivity contribution < 1.29 is 27.0 Å². The minimum atomic E-state index is -4.37. The molecule has 0 N–H and O–H groups in total. The minimum absolute atomic E-state index is 0.159. The first-order valence-electron chi connectivity index (χ1n) is 12.0. The lowest BCUT2D eigenvalue weighted by Gasteiger charge is -2.11. The molecule has 4 rings (SSSR count). The van der Waals surface area contributed by atoms with Gasteiger partial charge in [0.1, 0.15) is 17.3 Å². The lowest BCUT2D eigenvalue weighted by molar-refractivity contribution is -0.153. The predicted molar refractivity (Wildman–Crippen MR) is 134 cm³/mol. The molecule has 0 aromatic heterocycles. The highest BCUT2D eigenvalue weighted by molar-refractivity contribution is 5.84. The standard InChI is InChI=1S/C30H28F4O2/c1-2-35-26-14-6-21(7-15-26)3-4-23-10-18-28-25(19-23)13-12-24(29(28)31)11-5-22-8-16-27(17-9-22)36-20-30(32,33)34/h6-10,12-19H,2-5,11,20H2,1H3. The van der Waals surface area contributed by atoms with Crippen molar-refractivity contribution in [1.29, 1.82) is 0 Å². The second-order valence-corrected chi connectivity index (χ2v) is 8.72. The highest BCUT2D eigenvalue weighted by Gasteiger charge is 2.28. The average molecular weight is 497 g/mol. The normalized spacial score (nSPS) is 11.6. The summed E-state index contributed by atoms with van der Waals surface area (Å²) in [6, 6.07) is 24.1. The molecule has 0 radical (unpaired) electrons. The number of ether oxygens (including phenoxy) is 2. The van der Waals surface area contributed by atoms with Crippen LogP contribution in [-0.2, 0) is 25.7 Å². The molecule has 0 bridgehead atoms. The zero-order valence-electron chi connectivity index (χ0n) is 20.1. The largest absolute Gasteiger partial charge is 0.494 e. The van der Waals surface area contributed by atoms with Gasteiger partial charge in [0, 0.05) is 5.39 Å². The summed E-state index contributed by atoms with van der Waals surface area (Å²) in [7, 11) is 0. The minimum Gasteiger partial charge on any atom is -0.494 e. The molecule has 4 aromatic rings. The third kappa shape index (κ3) is 7.00. The molecule has 0 saturated heterocycles. The second-order valence-electron chi connectivity index (χ2n) is 8.72. The number of fused-ring (bicyclic) bond motifs is 1. The molecule has 0 amide bonds. The third-order valence-electron chi connectivity index (χ3n) is 6.04. The van der Waals surface area contributed by atoms with E-state index in [2.05, 4.69) is 12.1 Å². The molecule has 0 heterocycles. The first kappa shape index (κ1) is 25.5. The van der Waals surface area contributed by atoms with Crippen LogP contribution >= 0.6 is 0 Å². The summed E-state index contributed by atoms with van der Waals surface area (Å²) in [6.45, 7) is 1.28. The fraction of sp³-hybridized carbons (Fsp3) is 0.267. The van der Waals surface area contributed by atoms with E-state index in [0.717, 1.165) is 35.1 Å². The molecular weight excluding hydrogens is 468 g/mol. The van der Waals surface area contributed by atoms with Crippen LogP contribution in [0.1, 0.15) is 29.2 Å². The molecule has 188 valence electrons. The average Bonchev–Trinajstić information content (AvgIpc) is 2.87. The smallest absolute Gasteiger partial charge is 0.422 e. The molecule has 0 aliphatic rings. The van der Waals surface area contributed by atoms with E-state index >= 15 is 4.39 Å². The molecular formula is C30H28F4O2. The van der Waals surface area contributed by atoms with Crippen LogP contribution in [0.5, 0.6) is 11.5 Å². The summed E-state index contributed by atoms with van der Waals surface area (Å²) in [5, 5.41) is 1.46. The van der Waals surface area contributed by atoms with Gasteiger partial charge in [0.15, 0.2) is 6.61 Å². The van der Waals surface area contributed by atoms with Gasteiger partial charge in [-0.1, -0.05) is 54.6 Å². The van der Waals surface area contributed by atoms with Gasteiger partial charge in [-0.15, -0.1) is 0 Å². The summed E-state index contributed by atoms with van der Waals surface area (Å²) < 4.78 is 62.2. The summed E-state index contributed by atoms with van der Waals surface area (Å²) in [6.07, 6.45) is -1.57. The van der Waals surface area contributed by atoms with Gasteiger partial charge >= 0.3 is 6.18 Å². The van der Waals surface area contributed by atoms with E-state index in [0.29, 0.717) is 30.4 Å². The molecule has 2 nitrogen and oxygen atoms in total. The van der Waals surface area contributed by atoms with Crippen LogP contribution in [-0.4, -0.2) is 19.4 Å². The van der Waals surface area contributed by atoms with Crippen molar-refractivity contribution in [2.75, 3.05) is 13.2 Å². The fourth-order valence-corrected chi connectivity index (χ4v) is 4.14. The van der Waals surface area contributed by atoms with E-state index in [4.69, 9.17) is 9.47 Å². The fourth-order valence-electron chi connectivity index (χ4n) is 4.14. The number of benzene rings is 4. The molecule has 0 unspecified atom stereocenters. The Morgan fingerprint density at radius 3 is 1.81 bits per heavy atom. The van der Waals surface area contributed by atoms with Gasteiger partial charge in [0.25, 0.3) is 0 Å². The monoisotopic (exact) mass is 496 g/mol. The maximum Gasteiger partial charge on any atom is 0.422 e. The lowest BCUT2D eigenvalue weighted by Crippen LogP contribution is -2.19. The van der Waals surface area contributed by atoms with E-state index in [1.165, 1.54) is 17.7 Å². The van der Waals surface area contributed by atoms with Crippen molar-refractivity contribution in [3.63, 3.8) is 0 Å². The molecule has 0 saturated carbocycles. The number of hydrogen-bond donors (Lipinski definition) is 0. The molecule has 0 fully saturated rings. The number of rotatable bonds is 10. The van der Waals surface area contributed by atoms with E-state index in [9.17, 15) is 13.2 Å². The first-order chi connectivity index (χ1) is 17.3. The maximum atomic E-state index is 15.2. The van der Waals surface area contributed by atoms with Crippen molar-refractivity contribution in [2.24, 2.45) is 0 Å². The SMILES string of the molecule is CCOc1ccc(CCc2ccc3c(F)c(CCc4ccc(OCC(F)(F)F)cc4)ccc3c2)cc1. The molecule has 0 aliphatic heterocycles. The van der Waals surface area contributed by atoms with Gasteiger partial charge in [0.05, 0.1) is 6.61 Å². The first-order valence-corrected chi connectivity index (χ1v) is 12.0. The van der Waals surface area contributed by atoms with Crippen LogP contribution in [0.15, 0.2) is 78.9 Å². The molecule has 6 heteroatoms. The van der Waals surface area contributed by atoms with Crippen LogP contribution in [0.4, 0.5) is 17.6 Å².